The first-order chi connectivity index (χ1) is 7.95. The number of carbonyl (C=O) groups excluding carboxylic acids is 3. The number of aliphatic hydroxyl groups is 2. The van der Waals surface area contributed by atoms with Crippen molar-refractivity contribution in [3.05, 3.63) is 35.0 Å². The van der Waals surface area contributed by atoms with E-state index in [2.05, 4.69) is 4.74 Å². The maximum Gasteiger partial charge on any atom is 0.266 e. The summed E-state index contributed by atoms with van der Waals surface area (Å²) in [6.07, 6.45) is 2.34. The van der Waals surface area contributed by atoms with Crippen LogP contribution in [-0.2, 0) is 19.1 Å². The van der Waals surface area contributed by atoms with E-state index in [1.54, 1.807) is 0 Å². The lowest BCUT2D eigenvalue weighted by molar-refractivity contribution is -0.125. The van der Waals surface area contributed by atoms with Crippen LogP contribution in [0.1, 0.15) is 6.92 Å². The second-order valence-corrected chi connectivity index (χ2v) is 3.13. The van der Waals surface area contributed by atoms with Crippen LogP contribution in [0.25, 0.3) is 0 Å². The topological polar surface area (TPSA) is 101 Å². The van der Waals surface area contributed by atoms with Gasteiger partial charge in [-0.3, -0.25) is 14.4 Å². The molecule has 0 aromatic rings. The summed E-state index contributed by atoms with van der Waals surface area (Å²) in [4.78, 5) is 34.5. The average molecular weight is 238 g/mol. The fourth-order valence-electron chi connectivity index (χ4n) is 1.31. The van der Waals surface area contributed by atoms with Gasteiger partial charge in [0.2, 0.25) is 17.3 Å². The van der Waals surface area contributed by atoms with Crippen molar-refractivity contribution in [3.8, 4) is 0 Å². The molecule has 2 N–H and O–H groups in total. The third-order valence-electron chi connectivity index (χ3n) is 2.08. The number of Topliss-reactive ketones (excluding diaryl/α,β-unsaturated/α-hetero) is 2. The minimum atomic E-state index is -1.14. The lowest BCUT2D eigenvalue weighted by Crippen LogP contribution is -2.28. The van der Waals surface area contributed by atoms with Gasteiger partial charge in [-0.15, -0.1) is 0 Å². The molecule has 90 valence electrons. The summed E-state index contributed by atoms with van der Waals surface area (Å²) < 4.78 is 4.48. The molecule has 0 atom stereocenters. The van der Waals surface area contributed by atoms with E-state index in [9.17, 15) is 24.6 Å². The summed E-state index contributed by atoms with van der Waals surface area (Å²) >= 11 is 0. The van der Waals surface area contributed by atoms with Crippen LogP contribution in [0.3, 0.4) is 0 Å². The van der Waals surface area contributed by atoms with E-state index in [-0.39, 0.29) is 0 Å². The number of methoxy groups -OCH3 is 1. The smallest absolute Gasteiger partial charge is 0.266 e. The largest absolute Gasteiger partial charge is 0.503 e. The molecule has 17 heavy (non-hydrogen) atoms. The fourth-order valence-corrected chi connectivity index (χ4v) is 1.31. The molecule has 0 aromatic heterocycles. The first kappa shape index (κ1) is 12.7. The molecule has 1 aliphatic carbocycles. The molecule has 0 unspecified atom stereocenters. The number of allylic oxidation sites excluding steroid dienone is 3. The Bertz CT molecular complexity index is 492. The van der Waals surface area contributed by atoms with Crippen molar-refractivity contribution in [2.24, 2.45) is 0 Å². The highest BCUT2D eigenvalue weighted by molar-refractivity contribution is 6.35. The van der Waals surface area contributed by atoms with E-state index in [4.69, 9.17) is 0 Å². The number of hydrogen-bond acceptors (Lipinski definition) is 6. The number of ketones is 3. The molecule has 0 amide bonds. The fraction of sp³-hybridized carbons (Fsp3) is 0.182. The predicted molar refractivity (Wildman–Crippen MR) is 56.2 cm³/mol. The van der Waals surface area contributed by atoms with E-state index in [0.29, 0.717) is 0 Å². The van der Waals surface area contributed by atoms with Gasteiger partial charge in [-0.25, -0.2) is 0 Å². The first-order valence-electron chi connectivity index (χ1n) is 4.62. The van der Waals surface area contributed by atoms with E-state index in [1.165, 1.54) is 13.0 Å². The summed E-state index contributed by atoms with van der Waals surface area (Å²) in [7, 11) is 1.06. The van der Waals surface area contributed by atoms with Crippen LogP contribution in [0, 0.1) is 0 Å². The number of aliphatic hydroxyl groups excluding tert-OH is 2. The Morgan fingerprint density at radius 3 is 2.24 bits per heavy atom. The van der Waals surface area contributed by atoms with Gasteiger partial charge in [0, 0.05) is 0 Å². The van der Waals surface area contributed by atoms with Crippen LogP contribution in [-0.4, -0.2) is 34.7 Å². The van der Waals surface area contributed by atoms with Crippen LogP contribution in [0.15, 0.2) is 35.0 Å². The van der Waals surface area contributed by atoms with E-state index >= 15 is 0 Å². The number of carbonyl (C=O) groups is 3. The monoisotopic (exact) mass is 238 g/mol. The third kappa shape index (κ3) is 1.96. The highest BCUT2D eigenvalue weighted by atomic mass is 16.5. The molecular formula is C11H10O6. The summed E-state index contributed by atoms with van der Waals surface area (Å²) in [6, 6.07) is 0. The molecule has 6 nitrogen and oxygen atoms in total. The predicted octanol–water partition coefficient (Wildman–Crippen LogP) is 0.511. The normalized spacial score (nSPS) is 17.1. The Kier molecular flexibility index (Phi) is 3.47. The molecule has 6 heteroatoms. The molecule has 0 saturated carbocycles. The second kappa shape index (κ2) is 4.65. The molecular weight excluding hydrogens is 228 g/mol. The van der Waals surface area contributed by atoms with E-state index < -0.39 is 40.2 Å². The highest BCUT2D eigenvalue weighted by Gasteiger charge is 2.38. The van der Waals surface area contributed by atoms with Gasteiger partial charge in [-0.1, -0.05) is 6.08 Å². The first-order valence-corrected chi connectivity index (χ1v) is 4.62. The number of ether oxygens (including phenoxy) is 1. The lowest BCUT2D eigenvalue weighted by atomic mass is 9.95. The van der Waals surface area contributed by atoms with Gasteiger partial charge in [0.25, 0.3) is 5.78 Å². The minimum absolute atomic E-state index is 0.676. The Morgan fingerprint density at radius 1 is 1.18 bits per heavy atom. The summed E-state index contributed by atoms with van der Waals surface area (Å²) in [5.41, 5.74) is -0.758. The van der Waals surface area contributed by atoms with Crippen LogP contribution < -0.4 is 0 Å². The minimum Gasteiger partial charge on any atom is -0.503 e. The zero-order chi connectivity index (χ0) is 13.2. The number of hydrogen-bond donors (Lipinski definition) is 2. The molecule has 0 bridgehead atoms. The zero-order valence-electron chi connectivity index (χ0n) is 9.18. The van der Waals surface area contributed by atoms with Gasteiger partial charge < -0.3 is 14.9 Å². The second-order valence-electron chi connectivity index (χ2n) is 3.13. The van der Waals surface area contributed by atoms with Crippen molar-refractivity contribution in [3.63, 3.8) is 0 Å². The molecule has 1 rings (SSSR count). The zero-order valence-corrected chi connectivity index (χ0v) is 9.18. The lowest BCUT2D eigenvalue weighted by Gasteiger charge is -2.14. The third-order valence-corrected chi connectivity index (χ3v) is 2.08. The van der Waals surface area contributed by atoms with Gasteiger partial charge in [0.1, 0.15) is 5.57 Å². The van der Waals surface area contributed by atoms with Crippen molar-refractivity contribution in [2.45, 2.75) is 6.92 Å². The van der Waals surface area contributed by atoms with Gasteiger partial charge >= 0.3 is 0 Å². The average Bonchev–Trinajstić information content (AvgIpc) is 2.28. The Labute approximate surface area is 96.5 Å². The molecule has 0 aromatic carbocycles. The van der Waals surface area contributed by atoms with Crippen LogP contribution in [0.4, 0.5) is 0 Å². The molecule has 0 aliphatic heterocycles. The molecule has 1 aliphatic rings. The Hall–Kier alpha value is -2.37. The van der Waals surface area contributed by atoms with E-state index in [0.717, 1.165) is 13.2 Å². The molecule has 0 spiro atoms. The van der Waals surface area contributed by atoms with E-state index in [1.807, 2.05) is 0 Å². The highest BCUT2D eigenvalue weighted by Crippen LogP contribution is 2.23. The Morgan fingerprint density at radius 2 is 1.76 bits per heavy atom. The van der Waals surface area contributed by atoms with Crippen LogP contribution >= 0.6 is 0 Å². The summed E-state index contributed by atoms with van der Waals surface area (Å²) in [6.45, 7) is 1.53. The van der Waals surface area contributed by atoms with Gasteiger partial charge in [0.15, 0.2) is 11.5 Å². The summed E-state index contributed by atoms with van der Waals surface area (Å²) in [5.74, 6) is -5.77. The maximum atomic E-state index is 11.6. The van der Waals surface area contributed by atoms with Gasteiger partial charge in [-0.2, -0.15) is 0 Å². The van der Waals surface area contributed by atoms with Crippen LogP contribution in [0.5, 0.6) is 0 Å². The van der Waals surface area contributed by atoms with Crippen molar-refractivity contribution in [1.29, 1.82) is 0 Å². The maximum absolute atomic E-state index is 11.6. The molecule has 0 heterocycles. The summed E-state index contributed by atoms with van der Waals surface area (Å²) in [5, 5.41) is 18.8. The molecule has 0 fully saturated rings. The number of rotatable bonds is 3. The quantitative estimate of drug-likeness (QED) is 0.422. The van der Waals surface area contributed by atoms with Gasteiger partial charge in [-0.05, 0) is 13.0 Å². The van der Waals surface area contributed by atoms with Crippen molar-refractivity contribution >= 4 is 17.3 Å². The van der Waals surface area contributed by atoms with Crippen molar-refractivity contribution in [1.82, 2.24) is 0 Å². The van der Waals surface area contributed by atoms with Crippen LogP contribution in [0.2, 0.25) is 0 Å². The Balaban J connectivity index is 3.35. The SMILES string of the molecule is C/C=C/C(=O)C1=C(O)C(=O)C(OC)=C(O)C1=O. The van der Waals surface area contributed by atoms with Crippen molar-refractivity contribution in [2.75, 3.05) is 7.11 Å². The standard InChI is InChI=1S/C11H10O6/c1-3-4-5(12)6-7(13)9(15)11(17-2)10(16)8(6)14/h3-4,13,16H,1-2H3/b4-3+. The molecule has 0 radical (unpaired) electrons. The molecule has 0 saturated heterocycles. The van der Waals surface area contributed by atoms with Crippen molar-refractivity contribution < 1.29 is 29.3 Å². The van der Waals surface area contributed by atoms with Gasteiger partial charge in [0.05, 0.1) is 7.11 Å².